The molecule has 0 aliphatic heterocycles. The van der Waals surface area contributed by atoms with Crippen LogP contribution in [-0.4, -0.2) is 13.1 Å². The highest BCUT2D eigenvalue weighted by atomic mass is 16.5. The van der Waals surface area contributed by atoms with Gasteiger partial charge in [0, 0.05) is 13.5 Å². The normalized spacial score (nSPS) is 15.6. The smallest absolute Gasteiger partial charge is 0.307 e. The van der Waals surface area contributed by atoms with E-state index >= 15 is 0 Å². The van der Waals surface area contributed by atoms with Crippen LogP contribution in [0.25, 0.3) is 0 Å². The van der Waals surface area contributed by atoms with Gasteiger partial charge in [-0.05, 0) is 18.1 Å². The van der Waals surface area contributed by atoms with Gasteiger partial charge in [-0.15, -0.1) is 0 Å². The number of methoxy groups -OCH3 is 1. The first-order valence-corrected chi connectivity index (χ1v) is 6.99. The van der Waals surface area contributed by atoms with E-state index in [2.05, 4.69) is 5.32 Å². The molecule has 0 radical (unpaired) electrons. The lowest BCUT2D eigenvalue weighted by Gasteiger charge is -2.23. The van der Waals surface area contributed by atoms with Gasteiger partial charge in [-0.1, -0.05) is 60.7 Å². The van der Waals surface area contributed by atoms with E-state index in [1.54, 1.807) is 0 Å². The van der Waals surface area contributed by atoms with Gasteiger partial charge in [-0.3, -0.25) is 4.79 Å². The molecule has 3 atom stereocenters. The number of benzene rings is 2. The van der Waals surface area contributed by atoms with E-state index in [-0.39, 0.29) is 6.04 Å². The summed E-state index contributed by atoms with van der Waals surface area (Å²) in [7, 11) is 1.31. The summed E-state index contributed by atoms with van der Waals surface area (Å²) >= 11 is 0. The van der Waals surface area contributed by atoms with E-state index in [0.717, 1.165) is 11.1 Å². The maximum atomic E-state index is 11.8. The number of ether oxygens (including phenoxy) is 1. The van der Waals surface area contributed by atoms with Gasteiger partial charge < -0.3 is 10.1 Å². The molecular weight excluding hydrogens is 262 g/mol. The van der Waals surface area contributed by atoms with Crippen LogP contribution in [0.2, 0.25) is 0 Å². The predicted molar refractivity (Wildman–Crippen MR) is 83.8 cm³/mol. The van der Waals surface area contributed by atoms with Gasteiger partial charge in [0.1, 0.15) is 0 Å². The highest BCUT2D eigenvalue weighted by Gasteiger charge is 2.18. The van der Waals surface area contributed by atoms with Crippen LogP contribution >= 0.6 is 0 Å². The molecule has 0 aliphatic carbocycles. The second-order valence-electron chi connectivity index (χ2n) is 4.88. The molecule has 110 valence electrons. The number of hydrogen-bond donors (Lipinski definition) is 1. The number of carbonyl (C=O) groups excluding carboxylic acids is 1. The summed E-state index contributed by atoms with van der Waals surface area (Å²) < 4.78 is 12.9. The zero-order valence-corrected chi connectivity index (χ0v) is 12.3. The molecule has 0 heterocycles. The van der Waals surface area contributed by atoms with Crippen molar-refractivity contribution in [3.63, 3.8) is 0 Å². The number of carbonyl (C=O) groups is 1. The molecule has 2 rings (SSSR count). The summed E-state index contributed by atoms with van der Waals surface area (Å²) in [5.74, 6) is -0.540. The fourth-order valence-corrected chi connectivity index (χ4v) is 2.21. The van der Waals surface area contributed by atoms with Crippen molar-refractivity contribution < 1.29 is 10.9 Å². The second-order valence-corrected chi connectivity index (χ2v) is 4.88. The SMILES string of the molecule is [2H][C@@H](C(=O)OC)[C@H](N[C@H](C)c1ccccc1)c1ccccc1. The average molecular weight is 284 g/mol. The van der Waals surface area contributed by atoms with Gasteiger partial charge in [0.2, 0.25) is 0 Å². The van der Waals surface area contributed by atoms with Crippen molar-refractivity contribution in [1.82, 2.24) is 5.32 Å². The summed E-state index contributed by atoms with van der Waals surface area (Å²) in [6.45, 7) is 2.02. The van der Waals surface area contributed by atoms with E-state index < -0.39 is 18.4 Å². The molecule has 0 unspecified atom stereocenters. The quantitative estimate of drug-likeness (QED) is 0.823. The minimum absolute atomic E-state index is 0.0175. The third kappa shape index (κ3) is 4.43. The van der Waals surface area contributed by atoms with Crippen molar-refractivity contribution >= 4 is 5.97 Å². The topological polar surface area (TPSA) is 38.3 Å². The summed E-state index contributed by atoms with van der Waals surface area (Å²) in [6.07, 6.45) is -1.02. The lowest BCUT2D eigenvalue weighted by molar-refractivity contribution is -0.141. The zero-order valence-electron chi connectivity index (χ0n) is 13.3. The van der Waals surface area contributed by atoms with E-state index in [0.29, 0.717) is 0 Å². The standard InChI is InChI=1S/C18H21NO2/c1-14(15-9-5-3-6-10-15)19-17(13-18(20)21-2)16-11-7-4-8-12-16/h3-12,14,17,19H,13H2,1-2H3/t14-,17+/m1/s1/i13D/t13-,14-,17+. The van der Waals surface area contributed by atoms with Crippen LogP contribution in [0.5, 0.6) is 0 Å². The number of esters is 1. The molecule has 0 aromatic heterocycles. The first kappa shape index (κ1) is 13.8. The highest BCUT2D eigenvalue weighted by Crippen LogP contribution is 2.22. The Kier molecular flexibility index (Phi) is 5.01. The molecule has 0 bridgehead atoms. The zero-order chi connectivity index (χ0) is 15.9. The molecule has 0 aliphatic rings. The third-order valence-electron chi connectivity index (χ3n) is 3.39. The Labute approximate surface area is 127 Å². The van der Waals surface area contributed by atoms with Crippen LogP contribution in [0.3, 0.4) is 0 Å². The van der Waals surface area contributed by atoms with Gasteiger partial charge in [0.05, 0.1) is 13.5 Å². The molecule has 2 aromatic carbocycles. The second kappa shape index (κ2) is 7.60. The molecule has 0 amide bonds. The molecular formula is C18H21NO2. The molecule has 0 fully saturated rings. The van der Waals surface area contributed by atoms with E-state index in [4.69, 9.17) is 6.11 Å². The monoisotopic (exact) mass is 284 g/mol. The van der Waals surface area contributed by atoms with Crippen molar-refractivity contribution in [3.8, 4) is 0 Å². The Morgan fingerprint density at radius 3 is 2.14 bits per heavy atom. The number of rotatable bonds is 6. The fraction of sp³-hybridized carbons (Fsp3) is 0.278. The average Bonchev–Trinajstić information content (AvgIpc) is 2.59. The molecule has 3 heteroatoms. The number of hydrogen-bond acceptors (Lipinski definition) is 3. The maximum absolute atomic E-state index is 11.8. The Morgan fingerprint density at radius 1 is 1.10 bits per heavy atom. The predicted octanol–water partition coefficient (Wildman–Crippen LogP) is 3.64. The van der Waals surface area contributed by atoms with Gasteiger partial charge in [0.25, 0.3) is 0 Å². The van der Waals surface area contributed by atoms with Gasteiger partial charge in [-0.2, -0.15) is 0 Å². The van der Waals surface area contributed by atoms with Crippen LogP contribution in [0.1, 0.15) is 37.9 Å². The largest absolute Gasteiger partial charge is 0.469 e. The number of nitrogens with one attached hydrogen (secondary N) is 1. The van der Waals surface area contributed by atoms with E-state index in [9.17, 15) is 4.79 Å². The van der Waals surface area contributed by atoms with Crippen molar-refractivity contribution in [2.45, 2.75) is 25.4 Å². The summed E-state index contributed by atoms with van der Waals surface area (Å²) in [4.78, 5) is 11.8. The Hall–Kier alpha value is -2.13. The molecule has 2 aromatic rings. The molecule has 0 saturated carbocycles. The van der Waals surface area contributed by atoms with Crippen molar-refractivity contribution in [3.05, 3.63) is 71.8 Å². The van der Waals surface area contributed by atoms with Crippen molar-refractivity contribution in [2.75, 3.05) is 7.11 Å². The van der Waals surface area contributed by atoms with Crippen LogP contribution in [0, 0.1) is 0 Å². The third-order valence-corrected chi connectivity index (χ3v) is 3.39. The molecule has 1 N–H and O–H groups in total. The molecule has 21 heavy (non-hydrogen) atoms. The Bertz CT molecular complexity index is 589. The summed E-state index contributed by atoms with van der Waals surface area (Å²) in [6, 6.07) is 19.1. The summed E-state index contributed by atoms with van der Waals surface area (Å²) in [5, 5.41) is 3.38. The highest BCUT2D eigenvalue weighted by molar-refractivity contribution is 5.70. The van der Waals surface area contributed by atoms with Gasteiger partial charge >= 0.3 is 5.97 Å². The maximum Gasteiger partial charge on any atom is 0.307 e. The fourth-order valence-electron chi connectivity index (χ4n) is 2.21. The summed E-state index contributed by atoms with van der Waals surface area (Å²) in [5.41, 5.74) is 2.01. The molecule has 3 nitrogen and oxygen atoms in total. The molecule has 0 saturated heterocycles. The molecule has 0 spiro atoms. The first-order valence-electron chi connectivity index (χ1n) is 7.57. The Balaban J connectivity index is 2.23. The van der Waals surface area contributed by atoms with Gasteiger partial charge in [-0.25, -0.2) is 0 Å². The van der Waals surface area contributed by atoms with E-state index in [1.165, 1.54) is 7.11 Å². The first-order chi connectivity index (χ1) is 10.6. The lowest BCUT2D eigenvalue weighted by atomic mass is 10.0. The van der Waals surface area contributed by atoms with Crippen LogP contribution < -0.4 is 5.32 Å². The lowest BCUT2D eigenvalue weighted by Crippen LogP contribution is -2.27. The Morgan fingerprint density at radius 2 is 1.62 bits per heavy atom. The van der Waals surface area contributed by atoms with Crippen LogP contribution in [-0.2, 0) is 9.53 Å². The minimum atomic E-state index is -1.02. The van der Waals surface area contributed by atoms with Crippen LogP contribution in [0.4, 0.5) is 0 Å². The minimum Gasteiger partial charge on any atom is -0.469 e. The van der Waals surface area contributed by atoms with Gasteiger partial charge in [0.15, 0.2) is 0 Å². The van der Waals surface area contributed by atoms with Crippen molar-refractivity contribution in [2.24, 2.45) is 0 Å². The van der Waals surface area contributed by atoms with Crippen molar-refractivity contribution in [1.29, 1.82) is 0 Å². The van der Waals surface area contributed by atoms with E-state index in [1.807, 2.05) is 67.6 Å². The van der Waals surface area contributed by atoms with Crippen LogP contribution in [0.15, 0.2) is 60.7 Å².